The number of amides is 6. The van der Waals surface area contributed by atoms with Crippen LogP contribution in [0.15, 0.2) is 164 Å². The van der Waals surface area contributed by atoms with Crippen molar-refractivity contribution in [2.75, 3.05) is 13.1 Å². The maximum absolute atomic E-state index is 14.1. The molecule has 0 fully saturated rings. The van der Waals surface area contributed by atoms with Gasteiger partial charge in [-0.3, -0.25) is 19.2 Å². The first kappa shape index (κ1) is 53.0. The summed E-state index contributed by atoms with van der Waals surface area (Å²) in [6, 6.07) is 33.0. The summed E-state index contributed by atoms with van der Waals surface area (Å²) in [7, 11) is 0. The van der Waals surface area contributed by atoms with Crippen molar-refractivity contribution in [2.24, 2.45) is 0 Å². The summed E-state index contributed by atoms with van der Waals surface area (Å²) in [6.45, 7) is 0.377. The maximum atomic E-state index is 14.1. The molecule has 4 aromatic carbocycles. The minimum Gasteiger partial charge on any atom is -0.446 e. The fraction of sp³-hybridized carbons (Fsp3) is 0.250. The molecular formula is C56H54N10O12. The molecule has 1 aliphatic rings. The molecule has 0 spiro atoms. The number of ether oxygens (including phenoxy) is 2. The van der Waals surface area contributed by atoms with Gasteiger partial charge in [0, 0.05) is 25.9 Å². The standard InChI is InChI=1S/C56H54N10O12/c67-47-43-31-73-51(63-43)39(23-13-25-57-55(71)77-29-37-19-9-3-10-20-37)60-48(68)44-33-75-53(65-44)41(27-35-15-5-1-6-16-35)62-50(70)46-34-76-54(66-46)42(28-36-17-7-2-8-18-36)61-49(69)45-32-74-52(64-45)40(59-47)24-14-26-58-56(72)78-30-38-21-11-4-12-22-38/h1-12,15-22,31-34,39-42H,13-14,23-30H2,(H,57,71)(H,58,72)(H,59,67)(H,60,68)(H,61,69)(H,62,70)/t39-,40-,41-,42-/m0/s1. The summed E-state index contributed by atoms with van der Waals surface area (Å²) in [5.41, 5.74) is 2.62. The number of aromatic nitrogens is 4. The van der Waals surface area contributed by atoms with E-state index < -0.39 is 60.0 Å². The number of oxazole rings is 4. The van der Waals surface area contributed by atoms with E-state index >= 15 is 0 Å². The molecule has 0 saturated carbocycles. The normalized spacial score (nSPS) is 16.8. The average molecular weight is 1060 g/mol. The van der Waals surface area contributed by atoms with Gasteiger partial charge >= 0.3 is 12.2 Å². The molecule has 22 nitrogen and oxygen atoms in total. The van der Waals surface area contributed by atoms with Crippen LogP contribution in [0.4, 0.5) is 9.59 Å². The first-order valence-corrected chi connectivity index (χ1v) is 25.1. The minimum atomic E-state index is -0.991. The van der Waals surface area contributed by atoms with Crippen LogP contribution in [0.2, 0.25) is 0 Å². The van der Waals surface area contributed by atoms with Crippen molar-refractivity contribution in [3.8, 4) is 0 Å². The lowest BCUT2D eigenvalue weighted by Crippen LogP contribution is -2.33. The monoisotopic (exact) mass is 1060 g/mol. The Morgan fingerprint density at radius 3 is 1.01 bits per heavy atom. The van der Waals surface area contributed by atoms with Gasteiger partial charge in [-0.2, -0.15) is 0 Å². The second-order valence-corrected chi connectivity index (χ2v) is 18.0. The lowest BCUT2D eigenvalue weighted by atomic mass is 10.1. The second-order valence-electron chi connectivity index (χ2n) is 18.0. The third-order valence-electron chi connectivity index (χ3n) is 12.3. The molecule has 0 aliphatic carbocycles. The summed E-state index contributed by atoms with van der Waals surface area (Å²) in [5, 5.41) is 17.0. The maximum Gasteiger partial charge on any atom is 0.407 e. The fourth-order valence-corrected chi connectivity index (χ4v) is 8.29. The highest BCUT2D eigenvalue weighted by Gasteiger charge is 2.31. The van der Waals surface area contributed by atoms with Crippen molar-refractivity contribution in [1.29, 1.82) is 0 Å². The zero-order chi connectivity index (χ0) is 54.1. The molecule has 400 valence electrons. The molecular weight excluding hydrogens is 1000 g/mol. The van der Waals surface area contributed by atoms with E-state index in [0.717, 1.165) is 41.0 Å². The molecule has 0 radical (unpaired) electrons. The van der Waals surface area contributed by atoms with Crippen LogP contribution in [0, 0.1) is 0 Å². The van der Waals surface area contributed by atoms with Gasteiger partial charge in [0.1, 0.15) is 62.4 Å². The topological polar surface area (TPSA) is 297 Å². The zero-order valence-electron chi connectivity index (χ0n) is 41.9. The van der Waals surface area contributed by atoms with E-state index in [1.54, 1.807) is 0 Å². The Morgan fingerprint density at radius 1 is 0.410 bits per heavy atom. The summed E-state index contributed by atoms with van der Waals surface area (Å²) in [4.78, 5) is 99.6. The van der Waals surface area contributed by atoms with Gasteiger partial charge in [0.05, 0.1) is 0 Å². The number of carbonyl (C=O) groups is 6. The SMILES string of the molecule is O=C(NCCC[C@@H]1NC(=O)c2coc(n2)[C@H](CCCNC(=O)OCc2ccccc2)NC(=O)c2coc(n2)[C@H](Cc2ccccc2)NC(=O)c2coc(n2)[C@H](Cc2ccccc2)NC(=O)c2coc1n2)OCc1ccccc1. The summed E-state index contributed by atoms with van der Waals surface area (Å²) in [6.07, 6.45) is 4.48. The van der Waals surface area contributed by atoms with Crippen molar-refractivity contribution in [3.63, 3.8) is 0 Å². The Labute approximate surface area is 446 Å². The number of fused-ring (bicyclic) bond motifs is 8. The highest BCUT2D eigenvalue weighted by atomic mass is 16.6. The molecule has 8 bridgehead atoms. The lowest BCUT2D eigenvalue weighted by molar-refractivity contribution is 0.0915. The van der Waals surface area contributed by atoms with E-state index in [0.29, 0.717) is 0 Å². The predicted octanol–water partition coefficient (Wildman–Crippen LogP) is 7.74. The third-order valence-corrected chi connectivity index (χ3v) is 12.3. The van der Waals surface area contributed by atoms with Gasteiger partial charge in [-0.25, -0.2) is 29.5 Å². The number of hydrogen-bond donors (Lipinski definition) is 6. The average Bonchev–Trinajstić information content (AvgIpc) is 4.35. The number of nitrogens with one attached hydrogen (secondary N) is 6. The van der Waals surface area contributed by atoms with Crippen LogP contribution in [0.25, 0.3) is 0 Å². The molecule has 78 heavy (non-hydrogen) atoms. The van der Waals surface area contributed by atoms with Crippen LogP contribution in [0.5, 0.6) is 0 Å². The molecule has 4 atom stereocenters. The van der Waals surface area contributed by atoms with E-state index in [1.165, 1.54) is 6.26 Å². The second kappa shape index (κ2) is 26.1. The number of nitrogens with zero attached hydrogens (tertiary/aromatic N) is 4. The highest BCUT2D eigenvalue weighted by molar-refractivity contribution is 5.94. The Hall–Kier alpha value is -9.86. The Kier molecular flexibility index (Phi) is 17.7. The van der Waals surface area contributed by atoms with Gasteiger partial charge < -0.3 is 59.0 Å². The molecule has 0 saturated heterocycles. The van der Waals surface area contributed by atoms with Gasteiger partial charge in [-0.05, 0) is 47.9 Å². The summed E-state index contributed by atoms with van der Waals surface area (Å²) >= 11 is 0. The Morgan fingerprint density at radius 2 is 0.692 bits per heavy atom. The lowest BCUT2D eigenvalue weighted by Gasteiger charge is -2.16. The third kappa shape index (κ3) is 14.7. The number of benzene rings is 4. The van der Waals surface area contributed by atoms with E-state index in [1.807, 2.05) is 121 Å². The molecule has 8 aromatic rings. The highest BCUT2D eigenvalue weighted by Crippen LogP contribution is 2.26. The number of alkyl carbamates (subject to hydrolysis) is 2. The molecule has 1 aliphatic heterocycles. The molecule has 4 aromatic heterocycles. The largest absolute Gasteiger partial charge is 0.446 e. The first-order chi connectivity index (χ1) is 38.1. The van der Waals surface area contributed by atoms with Crippen LogP contribution in [0.3, 0.4) is 0 Å². The number of rotatable bonds is 16. The van der Waals surface area contributed by atoms with Gasteiger partial charge in [0.2, 0.25) is 23.6 Å². The molecule has 0 unspecified atom stereocenters. The van der Waals surface area contributed by atoms with E-state index in [2.05, 4.69) is 51.8 Å². The van der Waals surface area contributed by atoms with Crippen molar-refractivity contribution in [3.05, 3.63) is 215 Å². The van der Waals surface area contributed by atoms with Crippen molar-refractivity contribution >= 4 is 35.8 Å². The quantitative estimate of drug-likeness (QED) is 0.0504. The van der Waals surface area contributed by atoms with Crippen LogP contribution < -0.4 is 31.9 Å². The zero-order valence-corrected chi connectivity index (χ0v) is 41.9. The van der Waals surface area contributed by atoms with E-state index in [9.17, 15) is 28.8 Å². The molecule has 22 heteroatoms. The molecule has 6 N–H and O–H groups in total. The number of carbonyl (C=O) groups excluding carboxylic acids is 6. The van der Waals surface area contributed by atoms with Gasteiger partial charge in [-0.15, -0.1) is 0 Å². The minimum absolute atomic E-state index is 0.00472. The smallest absolute Gasteiger partial charge is 0.407 e. The fourth-order valence-electron chi connectivity index (χ4n) is 8.29. The van der Waals surface area contributed by atoms with Crippen molar-refractivity contribution < 1.29 is 55.9 Å². The van der Waals surface area contributed by atoms with Gasteiger partial charge in [0.15, 0.2) is 22.8 Å². The molecule has 9 rings (SSSR count). The molecule has 5 heterocycles. The molecule has 6 amide bonds. The first-order valence-electron chi connectivity index (χ1n) is 25.1. The van der Waals surface area contributed by atoms with Crippen molar-refractivity contribution in [2.45, 2.75) is 75.9 Å². The van der Waals surface area contributed by atoms with Crippen molar-refractivity contribution in [1.82, 2.24) is 51.8 Å². The Balaban J connectivity index is 0.988. The van der Waals surface area contributed by atoms with Crippen LogP contribution >= 0.6 is 0 Å². The van der Waals surface area contributed by atoms with E-state index in [-0.39, 0.29) is 111 Å². The van der Waals surface area contributed by atoms with Gasteiger partial charge in [0.25, 0.3) is 23.6 Å². The predicted molar refractivity (Wildman–Crippen MR) is 275 cm³/mol. The summed E-state index contributed by atoms with van der Waals surface area (Å²) in [5.74, 6) is -2.90. The van der Waals surface area contributed by atoms with Crippen LogP contribution in [-0.2, 0) is 35.5 Å². The van der Waals surface area contributed by atoms with Gasteiger partial charge in [-0.1, -0.05) is 121 Å². The summed E-state index contributed by atoms with van der Waals surface area (Å²) < 4.78 is 34.2. The van der Waals surface area contributed by atoms with Crippen LogP contribution in [-0.4, -0.2) is 68.8 Å². The van der Waals surface area contributed by atoms with E-state index in [4.69, 9.17) is 27.1 Å². The number of hydrogen-bond acceptors (Lipinski definition) is 16. The Bertz CT molecular complexity index is 3170. The van der Waals surface area contributed by atoms with Crippen LogP contribution in [0.1, 0.15) is 138 Å².